The first kappa shape index (κ1) is 20.6. The minimum absolute atomic E-state index is 0.983. The Morgan fingerprint density at radius 1 is 0.529 bits per heavy atom. The Kier molecular flexibility index (Phi) is 4.70. The number of hydrogen-bond acceptors (Lipinski definition) is 2. The molecule has 0 amide bonds. The fourth-order valence-corrected chi connectivity index (χ4v) is 5.04. The van der Waals surface area contributed by atoms with Crippen LogP contribution < -0.4 is 0 Å². The smallest absolute Gasteiger partial charge is 0.0975 e. The third kappa shape index (κ3) is 3.10. The van der Waals surface area contributed by atoms with Crippen LogP contribution in [0.15, 0.2) is 85.1 Å². The molecule has 2 nitrogen and oxygen atoms in total. The van der Waals surface area contributed by atoms with E-state index in [9.17, 15) is 0 Å². The summed E-state index contributed by atoms with van der Waals surface area (Å²) in [6, 6.07) is 28.3. The van der Waals surface area contributed by atoms with Crippen LogP contribution >= 0.6 is 0 Å². The van der Waals surface area contributed by atoms with Crippen LogP contribution in [0, 0.1) is 27.7 Å². The maximum atomic E-state index is 5.19. The van der Waals surface area contributed by atoms with E-state index >= 15 is 0 Å². The number of aryl methyl sites for hydroxylation is 3. The molecule has 6 rings (SSSR count). The van der Waals surface area contributed by atoms with Crippen molar-refractivity contribution in [2.45, 2.75) is 27.7 Å². The van der Waals surface area contributed by atoms with Gasteiger partial charge in [-0.1, -0.05) is 78.9 Å². The predicted molar refractivity (Wildman–Crippen MR) is 144 cm³/mol. The molecule has 6 aromatic rings. The molecule has 0 bridgehead atoms. The summed E-state index contributed by atoms with van der Waals surface area (Å²) in [7, 11) is 0. The molecule has 0 aliphatic carbocycles. The minimum atomic E-state index is 0.983. The van der Waals surface area contributed by atoms with E-state index in [1.54, 1.807) is 0 Å². The van der Waals surface area contributed by atoms with Gasteiger partial charge in [0.25, 0.3) is 0 Å². The summed E-state index contributed by atoms with van der Waals surface area (Å²) in [5, 5.41) is 4.89. The summed E-state index contributed by atoms with van der Waals surface area (Å²) >= 11 is 0. The lowest BCUT2D eigenvalue weighted by molar-refractivity contribution is 1.25. The third-order valence-corrected chi connectivity index (χ3v) is 7.34. The van der Waals surface area contributed by atoms with Gasteiger partial charge in [-0.3, -0.25) is 4.98 Å². The molecule has 2 heteroatoms. The highest BCUT2D eigenvalue weighted by molar-refractivity contribution is 6.06. The van der Waals surface area contributed by atoms with Crippen LogP contribution in [0.5, 0.6) is 0 Å². The van der Waals surface area contributed by atoms with Gasteiger partial charge in [0.2, 0.25) is 0 Å². The number of hydrogen-bond donors (Lipinski definition) is 0. The first-order chi connectivity index (χ1) is 16.5. The molecule has 0 atom stereocenters. The predicted octanol–water partition coefficient (Wildman–Crippen LogP) is 8.50. The first-order valence-corrected chi connectivity index (χ1v) is 11.8. The van der Waals surface area contributed by atoms with E-state index in [1.807, 2.05) is 6.20 Å². The average molecular weight is 439 g/mol. The van der Waals surface area contributed by atoms with Gasteiger partial charge in [0.1, 0.15) is 0 Å². The van der Waals surface area contributed by atoms with Crippen molar-refractivity contribution in [3.63, 3.8) is 0 Å². The molecule has 0 spiro atoms. The molecule has 0 aliphatic heterocycles. The van der Waals surface area contributed by atoms with E-state index in [1.165, 1.54) is 54.9 Å². The lowest BCUT2D eigenvalue weighted by Gasteiger charge is -2.15. The number of pyridine rings is 2. The van der Waals surface area contributed by atoms with Gasteiger partial charge < -0.3 is 0 Å². The van der Waals surface area contributed by atoms with Gasteiger partial charge in [-0.05, 0) is 71.8 Å². The van der Waals surface area contributed by atoms with Crippen molar-refractivity contribution in [2.24, 2.45) is 0 Å². The minimum Gasteiger partial charge on any atom is -0.254 e. The average Bonchev–Trinajstić information content (AvgIpc) is 2.88. The second kappa shape index (κ2) is 7.78. The van der Waals surface area contributed by atoms with E-state index in [-0.39, 0.29) is 0 Å². The fourth-order valence-electron chi connectivity index (χ4n) is 5.04. The van der Waals surface area contributed by atoms with E-state index in [0.717, 1.165) is 22.3 Å². The number of nitrogens with zero attached hydrogens (tertiary/aromatic N) is 2. The maximum absolute atomic E-state index is 5.19. The highest BCUT2D eigenvalue weighted by Crippen LogP contribution is 2.35. The Bertz CT molecular complexity index is 1720. The van der Waals surface area contributed by atoms with Crippen LogP contribution in [0.2, 0.25) is 0 Å². The molecule has 0 aliphatic rings. The molecule has 0 unspecified atom stereocenters. The first-order valence-electron chi connectivity index (χ1n) is 11.8. The lowest BCUT2D eigenvalue weighted by atomic mass is 9.94. The van der Waals surface area contributed by atoms with Crippen molar-refractivity contribution >= 4 is 32.6 Å². The molecule has 0 saturated heterocycles. The highest BCUT2D eigenvalue weighted by Gasteiger charge is 2.15. The summed E-state index contributed by atoms with van der Waals surface area (Å²) in [5.41, 5.74) is 11.6. The van der Waals surface area contributed by atoms with Crippen LogP contribution in [0.4, 0.5) is 0 Å². The molecule has 164 valence electrons. The Morgan fingerprint density at radius 2 is 1.21 bits per heavy atom. The SMILES string of the molecule is Cc1cnc2c(ccc3c(C)c(C)c(-c4ccc(-c5cccc6ccccc56)cc4)nc32)c1C. The fraction of sp³-hybridized carbons (Fsp3) is 0.125. The Balaban J connectivity index is 1.53. The second-order valence-electron chi connectivity index (χ2n) is 9.24. The van der Waals surface area contributed by atoms with Gasteiger partial charge in [-0.2, -0.15) is 0 Å². The molecular formula is C32H26N2. The van der Waals surface area contributed by atoms with Gasteiger partial charge in [-0.15, -0.1) is 0 Å². The molecule has 0 N–H and O–H groups in total. The van der Waals surface area contributed by atoms with Crippen molar-refractivity contribution in [1.29, 1.82) is 0 Å². The van der Waals surface area contributed by atoms with Crippen LogP contribution in [0.3, 0.4) is 0 Å². The third-order valence-electron chi connectivity index (χ3n) is 7.34. The summed E-state index contributed by atoms with van der Waals surface area (Å²) in [6.07, 6.45) is 1.96. The molecule has 2 heterocycles. The normalized spacial score (nSPS) is 11.5. The molecule has 2 aromatic heterocycles. The number of aromatic nitrogens is 2. The summed E-state index contributed by atoms with van der Waals surface area (Å²) < 4.78 is 0. The van der Waals surface area contributed by atoms with Crippen molar-refractivity contribution in [3.8, 4) is 22.4 Å². The van der Waals surface area contributed by atoms with Crippen LogP contribution in [-0.4, -0.2) is 9.97 Å². The Labute approximate surface area is 199 Å². The number of fused-ring (bicyclic) bond motifs is 4. The van der Waals surface area contributed by atoms with Gasteiger partial charge >= 0.3 is 0 Å². The molecule has 4 aromatic carbocycles. The highest BCUT2D eigenvalue weighted by atomic mass is 14.8. The number of benzene rings is 4. The monoisotopic (exact) mass is 438 g/mol. The van der Waals surface area contributed by atoms with Gasteiger partial charge in [-0.25, -0.2) is 4.98 Å². The van der Waals surface area contributed by atoms with Crippen molar-refractivity contribution in [3.05, 3.63) is 107 Å². The van der Waals surface area contributed by atoms with Crippen molar-refractivity contribution in [1.82, 2.24) is 9.97 Å². The summed E-state index contributed by atoms with van der Waals surface area (Å²) in [6.45, 7) is 8.65. The molecular weight excluding hydrogens is 412 g/mol. The van der Waals surface area contributed by atoms with Crippen molar-refractivity contribution in [2.75, 3.05) is 0 Å². The van der Waals surface area contributed by atoms with E-state index in [4.69, 9.17) is 9.97 Å². The number of rotatable bonds is 2. The second-order valence-corrected chi connectivity index (χ2v) is 9.24. The molecule has 0 fully saturated rings. The van der Waals surface area contributed by atoms with Crippen LogP contribution in [0.25, 0.3) is 55.0 Å². The topological polar surface area (TPSA) is 25.8 Å². The quantitative estimate of drug-likeness (QED) is 0.253. The summed E-state index contributed by atoms with van der Waals surface area (Å²) in [4.78, 5) is 9.99. The van der Waals surface area contributed by atoms with Crippen LogP contribution in [0.1, 0.15) is 22.3 Å². The van der Waals surface area contributed by atoms with Crippen molar-refractivity contribution < 1.29 is 0 Å². The standard InChI is InChI=1S/C32H26N2/c1-19-18-33-31-26(20(19)2)16-17-27-21(3)22(4)30(34-32(27)31)25-14-12-24(13-15-25)29-11-7-9-23-8-5-6-10-28(23)29/h5-18H,1-4H3. The van der Waals surface area contributed by atoms with E-state index in [0.29, 0.717) is 0 Å². The van der Waals surface area contributed by atoms with E-state index in [2.05, 4.69) is 107 Å². The largest absolute Gasteiger partial charge is 0.254 e. The molecule has 34 heavy (non-hydrogen) atoms. The van der Waals surface area contributed by atoms with Gasteiger partial charge in [0, 0.05) is 22.5 Å². The zero-order chi connectivity index (χ0) is 23.4. The Hall–Kier alpha value is -4.04. The molecule has 0 radical (unpaired) electrons. The van der Waals surface area contributed by atoms with Gasteiger partial charge in [0.05, 0.1) is 16.7 Å². The van der Waals surface area contributed by atoms with E-state index < -0.39 is 0 Å². The zero-order valence-electron chi connectivity index (χ0n) is 20.0. The van der Waals surface area contributed by atoms with Gasteiger partial charge in [0.15, 0.2) is 0 Å². The lowest BCUT2D eigenvalue weighted by Crippen LogP contribution is -1.97. The van der Waals surface area contributed by atoms with Crippen LogP contribution in [-0.2, 0) is 0 Å². The summed E-state index contributed by atoms with van der Waals surface area (Å²) in [5.74, 6) is 0. The molecule has 0 saturated carbocycles. The Morgan fingerprint density at radius 3 is 2.00 bits per heavy atom. The maximum Gasteiger partial charge on any atom is 0.0975 e. The zero-order valence-corrected chi connectivity index (χ0v) is 20.0.